The summed E-state index contributed by atoms with van der Waals surface area (Å²) in [4.78, 5) is 0. The minimum atomic E-state index is -3.84. The molecular weight excluding hydrogens is 562 g/mol. The van der Waals surface area contributed by atoms with Crippen molar-refractivity contribution in [3.8, 4) is 39.1 Å². The Kier molecular flexibility index (Phi) is 8.90. The predicted molar refractivity (Wildman–Crippen MR) is 157 cm³/mol. The van der Waals surface area contributed by atoms with Gasteiger partial charge < -0.3 is 4.74 Å². The van der Waals surface area contributed by atoms with Crippen LogP contribution in [0, 0.1) is 23.3 Å². The molecule has 1 nitrogen and oxygen atoms in total. The zero-order valence-corrected chi connectivity index (χ0v) is 23.3. The quantitative estimate of drug-likeness (QED) is 0.116. The molecule has 0 radical (unpaired) electrons. The molecule has 0 aliphatic rings. The summed E-state index contributed by atoms with van der Waals surface area (Å²) in [6.07, 6.45) is 0.248. The van der Waals surface area contributed by atoms with Crippen molar-refractivity contribution in [3.63, 3.8) is 0 Å². The first kappa shape index (κ1) is 30.0. The number of ether oxygens (including phenoxy) is 1. The Bertz CT molecular complexity index is 1710. The maximum absolute atomic E-state index is 15.2. The van der Waals surface area contributed by atoms with Gasteiger partial charge in [0, 0.05) is 17.2 Å². The number of alkyl halides is 2. The van der Waals surface area contributed by atoms with Crippen molar-refractivity contribution in [1.29, 1.82) is 0 Å². The van der Waals surface area contributed by atoms with Crippen LogP contribution in [0.2, 0.25) is 0 Å². The molecule has 5 aromatic rings. The first-order chi connectivity index (χ1) is 20.6. The lowest BCUT2D eigenvalue weighted by Gasteiger charge is -2.18. The highest BCUT2D eigenvalue weighted by Crippen LogP contribution is 2.35. The van der Waals surface area contributed by atoms with Crippen LogP contribution in [0.25, 0.3) is 33.4 Å². The number of benzene rings is 5. The SMILES string of the molecule is CCCCCc1ccc(-c2ccc(-c3ccc(-c4ccc(C(F)(F)Oc5ccc(F)c(F)c5)cc4)c(F)c3)cc2)c(F)c1. The molecule has 7 heteroatoms. The zero-order chi connectivity index (χ0) is 30.6. The summed E-state index contributed by atoms with van der Waals surface area (Å²) < 4.78 is 90.3. The fourth-order valence-electron chi connectivity index (χ4n) is 4.89. The van der Waals surface area contributed by atoms with Crippen LogP contribution in [-0.4, -0.2) is 0 Å². The number of halogens is 6. The number of unbranched alkanes of at least 4 members (excludes halogenated alkanes) is 2. The Labute approximate surface area is 246 Å². The molecule has 0 aliphatic carbocycles. The Morgan fingerprint density at radius 1 is 0.535 bits per heavy atom. The van der Waals surface area contributed by atoms with E-state index >= 15 is 4.39 Å². The summed E-state index contributed by atoms with van der Waals surface area (Å²) in [5, 5.41) is 0. The van der Waals surface area contributed by atoms with Gasteiger partial charge in [0.2, 0.25) is 0 Å². The molecule has 0 amide bonds. The summed E-state index contributed by atoms with van der Waals surface area (Å²) >= 11 is 0. The van der Waals surface area contributed by atoms with E-state index in [2.05, 4.69) is 11.7 Å². The average Bonchev–Trinajstić information content (AvgIpc) is 2.99. The standard InChI is InChI=1S/C36H28F6O/c1-2-3-4-5-23-6-17-30(33(38)20-23)25-9-7-24(8-10-25)27-13-18-31(34(39)21-27)26-11-14-28(15-12-26)36(41,42)43-29-16-19-32(37)35(40)22-29/h6-22H,2-5H2,1H3. The van der Waals surface area contributed by atoms with Crippen molar-refractivity contribution >= 4 is 0 Å². The van der Waals surface area contributed by atoms with Crippen LogP contribution in [0.15, 0.2) is 103 Å². The van der Waals surface area contributed by atoms with Crippen LogP contribution < -0.4 is 4.74 Å². The fraction of sp³-hybridized carbons (Fsp3) is 0.167. The molecule has 5 rings (SSSR count). The second-order valence-corrected chi connectivity index (χ2v) is 10.3. The zero-order valence-electron chi connectivity index (χ0n) is 23.3. The van der Waals surface area contributed by atoms with Crippen molar-refractivity contribution in [1.82, 2.24) is 0 Å². The molecule has 0 spiro atoms. The molecule has 220 valence electrons. The highest BCUT2D eigenvalue weighted by Gasteiger charge is 2.34. The number of hydrogen-bond acceptors (Lipinski definition) is 1. The van der Waals surface area contributed by atoms with E-state index in [9.17, 15) is 22.0 Å². The van der Waals surface area contributed by atoms with Crippen molar-refractivity contribution in [2.45, 2.75) is 38.7 Å². The molecule has 5 aromatic carbocycles. The number of hydrogen-bond donors (Lipinski definition) is 0. The van der Waals surface area contributed by atoms with Crippen LogP contribution in [0.5, 0.6) is 5.75 Å². The van der Waals surface area contributed by atoms with Gasteiger partial charge in [-0.05, 0) is 77.1 Å². The second-order valence-electron chi connectivity index (χ2n) is 10.3. The molecule has 0 N–H and O–H groups in total. The maximum Gasteiger partial charge on any atom is 0.426 e. The van der Waals surface area contributed by atoms with Crippen LogP contribution >= 0.6 is 0 Å². The van der Waals surface area contributed by atoms with Gasteiger partial charge >= 0.3 is 6.11 Å². The van der Waals surface area contributed by atoms with E-state index in [0.29, 0.717) is 34.4 Å². The first-order valence-electron chi connectivity index (χ1n) is 14.0. The molecule has 0 saturated carbocycles. The smallest absolute Gasteiger partial charge is 0.426 e. The average molecular weight is 591 g/mol. The number of rotatable bonds is 10. The summed E-state index contributed by atoms with van der Waals surface area (Å²) in [6, 6.07) is 24.1. The Morgan fingerprint density at radius 3 is 1.72 bits per heavy atom. The molecule has 0 aliphatic heterocycles. The van der Waals surface area contributed by atoms with E-state index in [-0.39, 0.29) is 11.4 Å². The molecule has 0 unspecified atom stereocenters. The summed E-state index contributed by atoms with van der Waals surface area (Å²) in [5.74, 6) is -3.86. The lowest BCUT2D eigenvalue weighted by molar-refractivity contribution is -0.185. The minimum absolute atomic E-state index is 0.206. The second kappa shape index (κ2) is 12.8. The maximum atomic E-state index is 15.2. The highest BCUT2D eigenvalue weighted by molar-refractivity contribution is 5.74. The third-order valence-electron chi connectivity index (χ3n) is 7.27. The summed E-state index contributed by atoms with van der Waals surface area (Å²) in [7, 11) is 0. The first-order valence-corrected chi connectivity index (χ1v) is 14.0. The Balaban J connectivity index is 1.29. The van der Waals surface area contributed by atoms with E-state index in [4.69, 9.17) is 0 Å². The molecule has 0 aromatic heterocycles. The largest absolute Gasteiger partial charge is 0.429 e. The molecule has 0 atom stereocenters. The van der Waals surface area contributed by atoms with Gasteiger partial charge in [-0.3, -0.25) is 0 Å². The number of aryl methyl sites for hydroxylation is 1. The van der Waals surface area contributed by atoms with Gasteiger partial charge in [-0.15, -0.1) is 0 Å². The minimum Gasteiger partial charge on any atom is -0.429 e. The summed E-state index contributed by atoms with van der Waals surface area (Å²) in [6.45, 7) is 2.13. The van der Waals surface area contributed by atoms with Crippen molar-refractivity contribution in [3.05, 3.63) is 138 Å². The van der Waals surface area contributed by atoms with E-state index < -0.39 is 34.9 Å². The molecule has 0 saturated heterocycles. The molecule has 0 bridgehead atoms. The third-order valence-corrected chi connectivity index (χ3v) is 7.27. The molecule has 43 heavy (non-hydrogen) atoms. The van der Waals surface area contributed by atoms with Crippen LogP contribution in [0.4, 0.5) is 26.3 Å². The van der Waals surface area contributed by atoms with Gasteiger partial charge in [-0.2, -0.15) is 8.78 Å². The summed E-state index contributed by atoms with van der Waals surface area (Å²) in [5.41, 5.74) is 3.54. The van der Waals surface area contributed by atoms with E-state index in [1.807, 2.05) is 6.07 Å². The van der Waals surface area contributed by atoms with Crippen LogP contribution in [0.1, 0.15) is 37.3 Å². The topological polar surface area (TPSA) is 9.23 Å². The highest BCUT2D eigenvalue weighted by atomic mass is 19.3. The van der Waals surface area contributed by atoms with E-state index in [1.54, 1.807) is 48.5 Å². The van der Waals surface area contributed by atoms with Gasteiger partial charge in [0.15, 0.2) is 11.6 Å². The predicted octanol–water partition coefficient (Wildman–Crippen LogP) is 11.1. The Hall–Kier alpha value is -4.52. The fourth-order valence-corrected chi connectivity index (χ4v) is 4.89. The molecular formula is C36H28F6O. The van der Waals surface area contributed by atoms with E-state index in [0.717, 1.165) is 55.0 Å². The molecule has 0 heterocycles. The third kappa shape index (κ3) is 6.94. The van der Waals surface area contributed by atoms with Gasteiger partial charge in [0.05, 0.1) is 5.56 Å². The normalized spacial score (nSPS) is 11.5. The van der Waals surface area contributed by atoms with Crippen LogP contribution in [-0.2, 0) is 12.5 Å². The van der Waals surface area contributed by atoms with Gasteiger partial charge in [-0.1, -0.05) is 80.4 Å². The van der Waals surface area contributed by atoms with E-state index in [1.165, 1.54) is 18.2 Å². The Morgan fingerprint density at radius 2 is 1.12 bits per heavy atom. The van der Waals surface area contributed by atoms with Crippen molar-refractivity contribution < 1.29 is 31.1 Å². The molecule has 0 fully saturated rings. The monoisotopic (exact) mass is 590 g/mol. The lowest BCUT2D eigenvalue weighted by atomic mass is 9.96. The van der Waals surface area contributed by atoms with Gasteiger partial charge in [0.1, 0.15) is 17.4 Å². The van der Waals surface area contributed by atoms with Crippen molar-refractivity contribution in [2.75, 3.05) is 0 Å². The lowest BCUT2D eigenvalue weighted by Crippen LogP contribution is -2.21. The van der Waals surface area contributed by atoms with Gasteiger partial charge in [0.25, 0.3) is 0 Å². The van der Waals surface area contributed by atoms with Crippen molar-refractivity contribution in [2.24, 2.45) is 0 Å². The van der Waals surface area contributed by atoms with Crippen LogP contribution in [0.3, 0.4) is 0 Å². The van der Waals surface area contributed by atoms with Gasteiger partial charge in [-0.25, -0.2) is 17.6 Å².